The molecule has 2 N–H and O–H groups in total. The van der Waals surface area contributed by atoms with Gasteiger partial charge in [-0.15, -0.1) is 0 Å². The predicted molar refractivity (Wildman–Crippen MR) is 78.2 cm³/mol. The van der Waals surface area contributed by atoms with Gasteiger partial charge in [0.25, 0.3) is 0 Å². The Hall–Kier alpha value is -1.07. The summed E-state index contributed by atoms with van der Waals surface area (Å²) < 4.78 is 27.5. The summed E-state index contributed by atoms with van der Waals surface area (Å²) in [6.07, 6.45) is 3.58. The van der Waals surface area contributed by atoms with Gasteiger partial charge in [-0.25, -0.2) is 8.42 Å². The van der Waals surface area contributed by atoms with Crippen LogP contribution in [-0.4, -0.2) is 34.1 Å². The lowest BCUT2D eigenvalue weighted by atomic mass is 9.94. The molecule has 0 aliphatic carbocycles. The molecule has 0 bridgehead atoms. The fourth-order valence-corrected chi connectivity index (χ4v) is 2.81. The van der Waals surface area contributed by atoms with Crippen molar-refractivity contribution in [3.63, 3.8) is 0 Å². The first-order valence-electron chi connectivity index (χ1n) is 6.46. The number of methoxy groups -OCH3 is 1. The SMILES string of the molecule is COc1ccccc1CC(CN)CCCS(C)(=O)=O. The van der Waals surface area contributed by atoms with E-state index in [0.717, 1.165) is 24.2 Å². The summed E-state index contributed by atoms with van der Waals surface area (Å²) in [6.45, 7) is 0.557. The Morgan fingerprint density at radius 2 is 2.00 bits per heavy atom. The zero-order chi connectivity index (χ0) is 14.3. The molecular formula is C14H23NO3S. The van der Waals surface area contributed by atoms with Crippen LogP contribution in [0.15, 0.2) is 24.3 Å². The first-order valence-corrected chi connectivity index (χ1v) is 8.52. The third-order valence-corrected chi connectivity index (χ3v) is 4.19. The van der Waals surface area contributed by atoms with Crippen LogP contribution in [0.1, 0.15) is 18.4 Å². The smallest absolute Gasteiger partial charge is 0.147 e. The average Bonchev–Trinajstić information content (AvgIpc) is 2.36. The number of para-hydroxylation sites is 1. The van der Waals surface area contributed by atoms with E-state index >= 15 is 0 Å². The van der Waals surface area contributed by atoms with Gasteiger partial charge in [0.15, 0.2) is 0 Å². The minimum Gasteiger partial charge on any atom is -0.496 e. The molecule has 0 saturated heterocycles. The summed E-state index contributed by atoms with van der Waals surface area (Å²) in [5, 5.41) is 0. The molecule has 0 saturated carbocycles. The minimum absolute atomic E-state index is 0.232. The first kappa shape index (κ1) is 16.0. The molecule has 1 aromatic carbocycles. The molecule has 0 heterocycles. The van der Waals surface area contributed by atoms with Crippen LogP contribution in [-0.2, 0) is 16.3 Å². The molecule has 0 spiro atoms. The van der Waals surface area contributed by atoms with Gasteiger partial charge < -0.3 is 10.5 Å². The van der Waals surface area contributed by atoms with Crippen molar-refractivity contribution in [1.29, 1.82) is 0 Å². The highest BCUT2D eigenvalue weighted by Crippen LogP contribution is 2.22. The number of hydrogen-bond donors (Lipinski definition) is 1. The van der Waals surface area contributed by atoms with Crippen LogP contribution >= 0.6 is 0 Å². The number of hydrogen-bond acceptors (Lipinski definition) is 4. The van der Waals surface area contributed by atoms with Crippen molar-refractivity contribution in [3.05, 3.63) is 29.8 Å². The van der Waals surface area contributed by atoms with Crippen molar-refractivity contribution in [2.45, 2.75) is 19.3 Å². The van der Waals surface area contributed by atoms with Crippen molar-refractivity contribution in [3.8, 4) is 5.75 Å². The van der Waals surface area contributed by atoms with E-state index in [1.165, 1.54) is 6.26 Å². The lowest BCUT2D eigenvalue weighted by molar-refractivity contribution is 0.401. The van der Waals surface area contributed by atoms with Gasteiger partial charge in [-0.3, -0.25) is 0 Å². The second kappa shape index (κ2) is 7.50. The normalized spacial score (nSPS) is 13.2. The van der Waals surface area contributed by atoms with Gasteiger partial charge in [0.1, 0.15) is 15.6 Å². The Bertz CT molecular complexity index is 485. The topological polar surface area (TPSA) is 69.4 Å². The monoisotopic (exact) mass is 285 g/mol. The van der Waals surface area contributed by atoms with Crippen LogP contribution < -0.4 is 10.5 Å². The second-order valence-corrected chi connectivity index (χ2v) is 7.15. The summed E-state index contributed by atoms with van der Waals surface area (Å²) in [7, 11) is -1.23. The zero-order valence-electron chi connectivity index (χ0n) is 11.6. The molecule has 0 aliphatic rings. The Morgan fingerprint density at radius 1 is 1.32 bits per heavy atom. The Kier molecular flexibility index (Phi) is 6.31. The third kappa shape index (κ3) is 6.07. The molecule has 1 rings (SSSR count). The largest absolute Gasteiger partial charge is 0.496 e. The van der Waals surface area contributed by atoms with Gasteiger partial charge in [0.2, 0.25) is 0 Å². The quantitative estimate of drug-likeness (QED) is 0.788. The van der Waals surface area contributed by atoms with E-state index in [1.54, 1.807) is 7.11 Å². The number of rotatable bonds is 8. The number of nitrogens with two attached hydrogens (primary N) is 1. The van der Waals surface area contributed by atoms with Gasteiger partial charge in [0, 0.05) is 12.0 Å². The molecular weight excluding hydrogens is 262 g/mol. The van der Waals surface area contributed by atoms with Crippen molar-refractivity contribution >= 4 is 9.84 Å². The van der Waals surface area contributed by atoms with Gasteiger partial charge >= 0.3 is 0 Å². The van der Waals surface area contributed by atoms with Crippen LogP contribution in [0.5, 0.6) is 5.75 Å². The van der Waals surface area contributed by atoms with Crippen molar-refractivity contribution < 1.29 is 13.2 Å². The standard InChI is InChI=1S/C14H23NO3S/c1-18-14-8-4-3-7-13(14)10-12(11-15)6-5-9-19(2,16)17/h3-4,7-8,12H,5-6,9-11,15H2,1-2H3. The van der Waals surface area contributed by atoms with E-state index in [2.05, 4.69) is 0 Å². The Balaban J connectivity index is 2.56. The lowest BCUT2D eigenvalue weighted by Gasteiger charge is -2.16. The molecule has 19 heavy (non-hydrogen) atoms. The maximum absolute atomic E-state index is 11.1. The summed E-state index contributed by atoms with van der Waals surface area (Å²) in [5.41, 5.74) is 6.90. The molecule has 0 radical (unpaired) electrons. The molecule has 4 nitrogen and oxygen atoms in total. The highest BCUT2D eigenvalue weighted by Gasteiger charge is 2.12. The van der Waals surface area contributed by atoms with Crippen LogP contribution in [0, 0.1) is 5.92 Å². The molecule has 0 fully saturated rings. The van der Waals surface area contributed by atoms with Gasteiger partial charge in [-0.1, -0.05) is 18.2 Å². The molecule has 108 valence electrons. The highest BCUT2D eigenvalue weighted by molar-refractivity contribution is 7.90. The Labute approximate surface area is 115 Å². The van der Waals surface area contributed by atoms with E-state index in [1.807, 2.05) is 24.3 Å². The van der Waals surface area contributed by atoms with Crippen LogP contribution in [0.3, 0.4) is 0 Å². The van der Waals surface area contributed by atoms with E-state index in [9.17, 15) is 8.42 Å². The lowest BCUT2D eigenvalue weighted by Crippen LogP contribution is -2.18. The van der Waals surface area contributed by atoms with E-state index in [-0.39, 0.29) is 11.7 Å². The van der Waals surface area contributed by atoms with Gasteiger partial charge in [0.05, 0.1) is 7.11 Å². The van der Waals surface area contributed by atoms with E-state index < -0.39 is 9.84 Å². The maximum Gasteiger partial charge on any atom is 0.147 e. The molecule has 1 unspecified atom stereocenters. The average molecular weight is 285 g/mol. The first-order chi connectivity index (χ1) is 8.96. The number of ether oxygens (including phenoxy) is 1. The zero-order valence-corrected chi connectivity index (χ0v) is 12.4. The fraction of sp³-hybridized carbons (Fsp3) is 0.571. The molecule has 0 aromatic heterocycles. The number of benzene rings is 1. The summed E-state index contributed by atoms with van der Waals surface area (Å²) >= 11 is 0. The molecule has 1 aromatic rings. The highest BCUT2D eigenvalue weighted by atomic mass is 32.2. The van der Waals surface area contributed by atoms with Gasteiger partial charge in [-0.05, 0) is 43.4 Å². The minimum atomic E-state index is -2.88. The van der Waals surface area contributed by atoms with Gasteiger partial charge in [-0.2, -0.15) is 0 Å². The van der Waals surface area contributed by atoms with Crippen LogP contribution in [0.25, 0.3) is 0 Å². The van der Waals surface area contributed by atoms with Crippen molar-refractivity contribution in [1.82, 2.24) is 0 Å². The molecule has 1 atom stereocenters. The molecule has 0 aliphatic heterocycles. The van der Waals surface area contributed by atoms with E-state index in [0.29, 0.717) is 13.0 Å². The summed E-state index contributed by atoms with van der Waals surface area (Å²) in [4.78, 5) is 0. The molecule has 0 amide bonds. The third-order valence-electron chi connectivity index (χ3n) is 3.16. The maximum atomic E-state index is 11.1. The van der Waals surface area contributed by atoms with Crippen LogP contribution in [0.2, 0.25) is 0 Å². The summed E-state index contributed by atoms with van der Waals surface area (Å²) in [5.74, 6) is 1.39. The fourth-order valence-electron chi connectivity index (χ4n) is 2.12. The summed E-state index contributed by atoms with van der Waals surface area (Å²) in [6, 6.07) is 7.86. The molecule has 5 heteroatoms. The van der Waals surface area contributed by atoms with Crippen LogP contribution in [0.4, 0.5) is 0 Å². The van der Waals surface area contributed by atoms with Crippen molar-refractivity contribution in [2.24, 2.45) is 11.7 Å². The number of sulfone groups is 1. The van der Waals surface area contributed by atoms with Crippen molar-refractivity contribution in [2.75, 3.05) is 25.7 Å². The van der Waals surface area contributed by atoms with E-state index in [4.69, 9.17) is 10.5 Å². The Morgan fingerprint density at radius 3 is 2.58 bits per heavy atom. The second-order valence-electron chi connectivity index (χ2n) is 4.89. The predicted octanol–water partition coefficient (Wildman–Crippen LogP) is 1.64.